The summed E-state index contributed by atoms with van der Waals surface area (Å²) in [5.41, 5.74) is 16.6. The summed E-state index contributed by atoms with van der Waals surface area (Å²) in [6, 6.07) is 87.7. The fourth-order valence-corrected chi connectivity index (χ4v) is 9.02. The lowest BCUT2D eigenvalue weighted by Crippen LogP contribution is -2.09. The molecule has 1 heterocycles. The molecule has 282 valence electrons. The Bertz CT molecular complexity index is 3210. The van der Waals surface area contributed by atoms with Gasteiger partial charge in [0.05, 0.1) is 11.0 Å². The summed E-state index contributed by atoms with van der Waals surface area (Å²) in [7, 11) is 0. The van der Waals surface area contributed by atoms with Crippen LogP contribution in [0.25, 0.3) is 82.8 Å². The van der Waals surface area contributed by atoms with Crippen LogP contribution < -0.4 is 4.90 Å². The third kappa shape index (κ3) is 6.23. The molecule has 2 nitrogen and oxygen atoms in total. The fraction of sp³-hybridized carbons (Fsp3) is 0. The number of hydrogen-bond donors (Lipinski definition) is 0. The van der Waals surface area contributed by atoms with Crippen LogP contribution in [-0.2, 0) is 0 Å². The minimum atomic E-state index is 1.10. The molecule has 0 aliphatic rings. The van der Waals surface area contributed by atoms with E-state index in [1.165, 1.54) is 77.1 Å². The minimum Gasteiger partial charge on any atom is -0.311 e. The summed E-state index contributed by atoms with van der Waals surface area (Å²) in [5, 5.41) is 5.05. The van der Waals surface area contributed by atoms with Gasteiger partial charge in [-0.15, -0.1) is 0 Å². The SMILES string of the molecule is c1ccc(-c2cccc3cccc(-c4ccc(N(c5ccccc5)c5ccc(-c6ccccc6-c6ccc(-n7c8ccccc8c8ccccc87)cc6)cc5)cc4)c23)cc1. The van der Waals surface area contributed by atoms with Crippen LogP contribution in [0.3, 0.4) is 0 Å². The summed E-state index contributed by atoms with van der Waals surface area (Å²) < 4.78 is 2.37. The van der Waals surface area contributed by atoms with Gasteiger partial charge in [-0.05, 0) is 116 Å². The molecule has 11 aromatic rings. The van der Waals surface area contributed by atoms with Crippen molar-refractivity contribution in [2.75, 3.05) is 4.90 Å². The summed E-state index contributed by atoms with van der Waals surface area (Å²) >= 11 is 0. The number of anilines is 3. The van der Waals surface area contributed by atoms with E-state index in [2.05, 4.69) is 252 Å². The molecule has 0 atom stereocenters. The van der Waals surface area contributed by atoms with Gasteiger partial charge in [-0.1, -0.05) is 182 Å². The van der Waals surface area contributed by atoms with Gasteiger partial charge in [-0.2, -0.15) is 0 Å². The summed E-state index contributed by atoms with van der Waals surface area (Å²) in [6.07, 6.45) is 0. The minimum absolute atomic E-state index is 1.10. The Hall–Kier alpha value is -7.94. The van der Waals surface area contributed by atoms with Crippen molar-refractivity contribution in [1.82, 2.24) is 4.57 Å². The number of para-hydroxylation sites is 3. The monoisotopic (exact) mass is 764 g/mol. The van der Waals surface area contributed by atoms with E-state index < -0.39 is 0 Å². The molecule has 11 rings (SSSR count). The first-order valence-electron chi connectivity index (χ1n) is 20.6. The molecule has 2 heteroatoms. The molecule has 0 radical (unpaired) electrons. The van der Waals surface area contributed by atoms with Gasteiger partial charge in [0.15, 0.2) is 0 Å². The molecular formula is C58H40N2. The number of fused-ring (bicyclic) bond motifs is 4. The molecule has 0 bridgehead atoms. The summed E-state index contributed by atoms with van der Waals surface area (Å²) in [4.78, 5) is 2.34. The predicted molar refractivity (Wildman–Crippen MR) is 255 cm³/mol. The van der Waals surface area contributed by atoms with Gasteiger partial charge in [0.25, 0.3) is 0 Å². The maximum absolute atomic E-state index is 2.37. The Morgan fingerprint density at radius 1 is 0.267 bits per heavy atom. The molecule has 60 heavy (non-hydrogen) atoms. The number of aromatic nitrogens is 1. The topological polar surface area (TPSA) is 8.17 Å². The number of nitrogens with zero attached hydrogens (tertiary/aromatic N) is 2. The first kappa shape index (κ1) is 35.2. The van der Waals surface area contributed by atoms with Crippen LogP contribution in [0.4, 0.5) is 17.1 Å². The molecule has 0 spiro atoms. The highest BCUT2D eigenvalue weighted by Crippen LogP contribution is 2.41. The average molecular weight is 765 g/mol. The molecule has 0 aliphatic heterocycles. The third-order valence-electron chi connectivity index (χ3n) is 11.8. The van der Waals surface area contributed by atoms with Crippen molar-refractivity contribution < 1.29 is 0 Å². The van der Waals surface area contributed by atoms with Gasteiger partial charge >= 0.3 is 0 Å². The van der Waals surface area contributed by atoms with Crippen molar-refractivity contribution in [3.63, 3.8) is 0 Å². The zero-order valence-electron chi connectivity index (χ0n) is 33.0. The third-order valence-corrected chi connectivity index (χ3v) is 11.8. The van der Waals surface area contributed by atoms with Gasteiger partial charge in [0.1, 0.15) is 0 Å². The summed E-state index contributed by atoms with van der Waals surface area (Å²) in [6.45, 7) is 0. The Balaban J connectivity index is 0.927. The molecule has 0 N–H and O–H groups in total. The van der Waals surface area contributed by atoms with Crippen molar-refractivity contribution in [1.29, 1.82) is 0 Å². The van der Waals surface area contributed by atoms with Gasteiger partial charge < -0.3 is 9.47 Å². The van der Waals surface area contributed by atoms with E-state index in [4.69, 9.17) is 0 Å². The van der Waals surface area contributed by atoms with E-state index in [0.29, 0.717) is 0 Å². The average Bonchev–Trinajstić information content (AvgIpc) is 3.67. The van der Waals surface area contributed by atoms with Crippen molar-refractivity contribution in [3.8, 4) is 50.2 Å². The van der Waals surface area contributed by atoms with Crippen LogP contribution in [-0.4, -0.2) is 4.57 Å². The van der Waals surface area contributed by atoms with E-state index in [-0.39, 0.29) is 0 Å². The molecular weight excluding hydrogens is 725 g/mol. The molecule has 0 saturated carbocycles. The zero-order chi connectivity index (χ0) is 39.8. The Morgan fingerprint density at radius 3 is 1.18 bits per heavy atom. The molecule has 10 aromatic carbocycles. The first-order chi connectivity index (χ1) is 29.8. The second-order valence-corrected chi connectivity index (χ2v) is 15.3. The molecule has 1 aromatic heterocycles. The number of benzene rings is 10. The molecule has 0 saturated heterocycles. The number of hydrogen-bond acceptors (Lipinski definition) is 1. The van der Waals surface area contributed by atoms with Crippen LogP contribution in [0.15, 0.2) is 243 Å². The Morgan fingerprint density at radius 2 is 0.650 bits per heavy atom. The van der Waals surface area contributed by atoms with Crippen molar-refractivity contribution in [2.45, 2.75) is 0 Å². The van der Waals surface area contributed by atoms with Gasteiger partial charge in [0.2, 0.25) is 0 Å². The summed E-state index contributed by atoms with van der Waals surface area (Å²) in [5.74, 6) is 0. The van der Waals surface area contributed by atoms with E-state index in [1.807, 2.05) is 0 Å². The van der Waals surface area contributed by atoms with Crippen LogP contribution in [0.2, 0.25) is 0 Å². The Kier molecular flexibility index (Phi) is 8.87. The van der Waals surface area contributed by atoms with E-state index in [1.54, 1.807) is 0 Å². The molecule has 0 aliphatic carbocycles. The van der Waals surface area contributed by atoms with Crippen LogP contribution in [0, 0.1) is 0 Å². The van der Waals surface area contributed by atoms with Crippen molar-refractivity contribution in [3.05, 3.63) is 243 Å². The molecule has 0 amide bonds. The lowest BCUT2D eigenvalue weighted by molar-refractivity contribution is 1.18. The molecule has 0 fully saturated rings. The fourth-order valence-electron chi connectivity index (χ4n) is 9.02. The van der Waals surface area contributed by atoms with Gasteiger partial charge in [-0.3, -0.25) is 0 Å². The normalized spacial score (nSPS) is 11.3. The highest BCUT2D eigenvalue weighted by atomic mass is 15.1. The maximum Gasteiger partial charge on any atom is 0.0541 e. The highest BCUT2D eigenvalue weighted by Gasteiger charge is 2.17. The maximum atomic E-state index is 2.37. The van der Waals surface area contributed by atoms with E-state index >= 15 is 0 Å². The van der Waals surface area contributed by atoms with Crippen molar-refractivity contribution in [2.24, 2.45) is 0 Å². The molecule has 0 unspecified atom stereocenters. The smallest absolute Gasteiger partial charge is 0.0541 e. The van der Waals surface area contributed by atoms with E-state index in [9.17, 15) is 0 Å². The van der Waals surface area contributed by atoms with E-state index in [0.717, 1.165) is 22.7 Å². The highest BCUT2D eigenvalue weighted by molar-refractivity contribution is 6.09. The van der Waals surface area contributed by atoms with Crippen LogP contribution in [0.1, 0.15) is 0 Å². The van der Waals surface area contributed by atoms with Gasteiger partial charge in [0, 0.05) is 33.5 Å². The second kappa shape index (κ2) is 15.1. The second-order valence-electron chi connectivity index (χ2n) is 15.3. The zero-order valence-corrected chi connectivity index (χ0v) is 33.0. The largest absolute Gasteiger partial charge is 0.311 e. The van der Waals surface area contributed by atoms with Crippen LogP contribution in [0.5, 0.6) is 0 Å². The van der Waals surface area contributed by atoms with Crippen LogP contribution >= 0.6 is 0 Å². The number of rotatable bonds is 8. The lowest BCUT2D eigenvalue weighted by atomic mass is 9.91. The van der Waals surface area contributed by atoms with Crippen molar-refractivity contribution >= 4 is 49.6 Å². The Labute approximate surface area is 350 Å². The lowest BCUT2D eigenvalue weighted by Gasteiger charge is -2.26. The quantitative estimate of drug-likeness (QED) is 0.150. The van der Waals surface area contributed by atoms with Gasteiger partial charge in [-0.25, -0.2) is 0 Å². The standard InChI is InChI=1S/C58H40N2/c1-3-15-41(16-4-1)52-25-13-17-45-18-14-26-53(58(45)52)44-33-37-48(38-34-44)59(46-19-5-2-6-20-46)47-35-29-42(30-36-47)50-21-7-8-22-51(50)43-31-39-49(40-32-43)60-56-27-11-9-23-54(56)55-24-10-12-28-57(55)60/h1-40H. The first-order valence-corrected chi connectivity index (χ1v) is 20.6. The predicted octanol–water partition coefficient (Wildman–Crippen LogP) is 16.1.